The second-order valence-electron chi connectivity index (χ2n) is 8.83. The van der Waals surface area contributed by atoms with Gasteiger partial charge in [0.05, 0.1) is 5.54 Å². The maximum Gasteiger partial charge on any atom is 0.490 e. The van der Waals surface area contributed by atoms with E-state index in [0.717, 1.165) is 55.7 Å². The number of hydrogen-bond acceptors (Lipinski definition) is 4. The maximum atomic E-state index is 12.9. The summed E-state index contributed by atoms with van der Waals surface area (Å²) in [7, 11) is 4.23. The SMILES string of the molecule is CCOCC1CCN(C)C2(C1)CN(C(=O)c1ccc3c(ccn3C)c1)C2.O=C(O)C(F)(F)F. The highest BCUT2D eigenvalue weighted by Crippen LogP contribution is 2.39. The fraction of sp³-hybridized carbons (Fsp3) is 0.565. The van der Waals surface area contributed by atoms with Gasteiger partial charge < -0.3 is 19.3 Å². The molecule has 1 atom stereocenters. The molecule has 2 aliphatic rings. The number of hydrogen-bond donors (Lipinski definition) is 1. The lowest BCUT2D eigenvalue weighted by atomic mass is 9.75. The number of ether oxygens (including phenoxy) is 1. The number of aromatic nitrogens is 1. The second-order valence-corrected chi connectivity index (χ2v) is 8.83. The van der Waals surface area contributed by atoms with Gasteiger partial charge in [-0.1, -0.05) is 0 Å². The highest BCUT2D eigenvalue weighted by molar-refractivity contribution is 5.98. The molecule has 182 valence electrons. The van der Waals surface area contributed by atoms with Crippen LogP contribution in [0.25, 0.3) is 10.9 Å². The minimum Gasteiger partial charge on any atom is -0.475 e. The predicted molar refractivity (Wildman–Crippen MR) is 117 cm³/mol. The molecular weight excluding hydrogens is 439 g/mol. The van der Waals surface area contributed by atoms with Crippen LogP contribution in [0.15, 0.2) is 30.5 Å². The molecule has 2 aromatic rings. The first kappa shape index (κ1) is 25.0. The fourth-order valence-corrected chi connectivity index (χ4v) is 4.61. The van der Waals surface area contributed by atoms with E-state index in [4.69, 9.17) is 14.6 Å². The third kappa shape index (κ3) is 5.50. The number of rotatable bonds is 4. The van der Waals surface area contributed by atoms with Crippen LogP contribution in [0.2, 0.25) is 0 Å². The first-order chi connectivity index (χ1) is 15.5. The van der Waals surface area contributed by atoms with Crippen molar-refractivity contribution in [2.45, 2.75) is 31.5 Å². The van der Waals surface area contributed by atoms with Crippen LogP contribution < -0.4 is 0 Å². The van der Waals surface area contributed by atoms with Gasteiger partial charge in [0.1, 0.15) is 0 Å². The van der Waals surface area contributed by atoms with E-state index in [1.165, 1.54) is 6.42 Å². The quantitative estimate of drug-likeness (QED) is 0.743. The zero-order valence-corrected chi connectivity index (χ0v) is 19.1. The normalized spacial score (nSPS) is 20.3. The highest BCUT2D eigenvalue weighted by atomic mass is 19.4. The number of benzene rings is 1. The Bertz CT molecular complexity index is 996. The van der Waals surface area contributed by atoms with Gasteiger partial charge in [-0.3, -0.25) is 9.69 Å². The number of likely N-dealkylation sites (N-methyl/N-ethyl adjacent to an activating group) is 1. The molecule has 2 saturated heterocycles. The molecule has 1 unspecified atom stereocenters. The third-order valence-corrected chi connectivity index (χ3v) is 6.54. The third-order valence-electron chi connectivity index (χ3n) is 6.54. The number of piperidine rings is 1. The van der Waals surface area contributed by atoms with Gasteiger partial charge in [0.25, 0.3) is 5.91 Å². The zero-order chi connectivity index (χ0) is 24.4. The number of amides is 1. The predicted octanol–water partition coefficient (Wildman–Crippen LogP) is 3.38. The summed E-state index contributed by atoms with van der Waals surface area (Å²) in [5.74, 6) is -1.99. The Morgan fingerprint density at radius 1 is 1.21 bits per heavy atom. The summed E-state index contributed by atoms with van der Waals surface area (Å²) in [6.45, 7) is 6.44. The number of aryl methyl sites for hydroxylation is 1. The average Bonchev–Trinajstić information content (AvgIpc) is 3.11. The van der Waals surface area contributed by atoms with Crippen LogP contribution >= 0.6 is 0 Å². The summed E-state index contributed by atoms with van der Waals surface area (Å²) in [4.78, 5) is 26.3. The monoisotopic (exact) mass is 469 g/mol. The molecule has 0 bridgehead atoms. The molecule has 1 amide bonds. The molecule has 1 N–H and O–H groups in total. The summed E-state index contributed by atoms with van der Waals surface area (Å²) in [6, 6.07) is 8.09. The van der Waals surface area contributed by atoms with E-state index in [-0.39, 0.29) is 11.4 Å². The molecule has 1 spiro atoms. The summed E-state index contributed by atoms with van der Waals surface area (Å²) < 4.78 is 39.5. The molecular formula is C23H30F3N3O4. The smallest absolute Gasteiger partial charge is 0.475 e. The molecule has 10 heteroatoms. The van der Waals surface area contributed by atoms with Gasteiger partial charge >= 0.3 is 12.1 Å². The number of carboxylic acid groups (broad SMARTS) is 1. The summed E-state index contributed by atoms with van der Waals surface area (Å²) in [6.07, 6.45) is -0.727. The van der Waals surface area contributed by atoms with Gasteiger partial charge in [0, 0.05) is 56.0 Å². The van der Waals surface area contributed by atoms with Gasteiger partial charge in [-0.25, -0.2) is 4.79 Å². The molecule has 0 saturated carbocycles. The van der Waals surface area contributed by atoms with Gasteiger partial charge in [0.15, 0.2) is 0 Å². The van der Waals surface area contributed by atoms with Crippen LogP contribution in [-0.2, 0) is 16.6 Å². The van der Waals surface area contributed by atoms with E-state index < -0.39 is 12.1 Å². The first-order valence-electron chi connectivity index (χ1n) is 10.9. The lowest BCUT2D eigenvalue weighted by molar-refractivity contribution is -0.192. The number of carbonyl (C=O) groups excluding carboxylic acids is 1. The van der Waals surface area contributed by atoms with Crippen LogP contribution in [0, 0.1) is 5.92 Å². The van der Waals surface area contributed by atoms with E-state index in [1.54, 1.807) is 0 Å². The molecule has 0 radical (unpaired) electrons. The van der Waals surface area contributed by atoms with Crippen molar-refractivity contribution < 1.29 is 32.6 Å². The number of aliphatic carboxylic acids is 1. The second kappa shape index (κ2) is 9.72. The highest BCUT2D eigenvalue weighted by Gasteiger charge is 2.51. The standard InChI is InChI=1S/C21H29N3O2.C2HF3O2/c1-4-26-13-16-7-10-23(3)21(12-16)14-24(15-21)20(25)18-5-6-19-17(11-18)8-9-22(19)2;3-2(4,5)1(6)7/h5-6,8-9,11,16H,4,7,10,12-15H2,1-3H3;(H,6,7). The number of alkyl halides is 3. The lowest BCUT2D eigenvalue weighted by Gasteiger charge is -2.58. The lowest BCUT2D eigenvalue weighted by Crippen LogP contribution is -2.72. The Morgan fingerprint density at radius 2 is 1.88 bits per heavy atom. The number of halogens is 3. The molecule has 1 aromatic heterocycles. The molecule has 0 aliphatic carbocycles. The van der Waals surface area contributed by atoms with Gasteiger partial charge in [0.2, 0.25) is 0 Å². The Hall–Kier alpha value is -2.59. The van der Waals surface area contributed by atoms with E-state index in [2.05, 4.69) is 29.5 Å². The maximum absolute atomic E-state index is 12.9. The number of nitrogens with zero attached hydrogens (tertiary/aromatic N) is 3. The van der Waals surface area contributed by atoms with Crippen molar-refractivity contribution in [2.24, 2.45) is 13.0 Å². The van der Waals surface area contributed by atoms with E-state index in [1.807, 2.05) is 36.3 Å². The van der Waals surface area contributed by atoms with Crippen molar-refractivity contribution in [3.8, 4) is 0 Å². The molecule has 2 fully saturated rings. The molecule has 2 aliphatic heterocycles. The van der Waals surface area contributed by atoms with Crippen molar-refractivity contribution in [3.05, 3.63) is 36.0 Å². The average molecular weight is 470 g/mol. The van der Waals surface area contributed by atoms with Crippen LogP contribution in [0.4, 0.5) is 13.2 Å². The zero-order valence-electron chi connectivity index (χ0n) is 19.1. The Morgan fingerprint density at radius 3 is 2.48 bits per heavy atom. The molecule has 3 heterocycles. The van der Waals surface area contributed by atoms with Crippen LogP contribution in [0.1, 0.15) is 30.1 Å². The van der Waals surface area contributed by atoms with Gasteiger partial charge in [-0.15, -0.1) is 0 Å². The largest absolute Gasteiger partial charge is 0.490 e. The van der Waals surface area contributed by atoms with Crippen molar-refractivity contribution in [1.82, 2.24) is 14.4 Å². The van der Waals surface area contributed by atoms with E-state index >= 15 is 0 Å². The Balaban J connectivity index is 0.000000383. The number of fused-ring (bicyclic) bond motifs is 1. The minimum absolute atomic E-state index is 0.145. The van der Waals surface area contributed by atoms with E-state index in [9.17, 15) is 18.0 Å². The van der Waals surface area contributed by atoms with Crippen LogP contribution in [0.5, 0.6) is 0 Å². The van der Waals surface area contributed by atoms with Gasteiger partial charge in [-0.2, -0.15) is 13.2 Å². The van der Waals surface area contributed by atoms with Crippen molar-refractivity contribution in [3.63, 3.8) is 0 Å². The summed E-state index contributed by atoms with van der Waals surface area (Å²) in [5.41, 5.74) is 2.10. The van der Waals surface area contributed by atoms with Gasteiger partial charge in [-0.05, 0) is 63.5 Å². The summed E-state index contributed by atoms with van der Waals surface area (Å²) in [5, 5.41) is 8.25. The number of carboxylic acids is 1. The number of carbonyl (C=O) groups is 2. The Kier molecular flexibility index (Phi) is 7.38. The van der Waals surface area contributed by atoms with Crippen LogP contribution in [0.3, 0.4) is 0 Å². The van der Waals surface area contributed by atoms with Crippen molar-refractivity contribution in [1.29, 1.82) is 0 Å². The molecule has 33 heavy (non-hydrogen) atoms. The number of likely N-dealkylation sites (tertiary alicyclic amines) is 2. The van der Waals surface area contributed by atoms with Crippen LogP contribution in [-0.4, -0.2) is 83.0 Å². The molecule has 1 aromatic carbocycles. The minimum atomic E-state index is -5.08. The van der Waals surface area contributed by atoms with Crippen molar-refractivity contribution >= 4 is 22.8 Å². The first-order valence-corrected chi connectivity index (χ1v) is 10.9. The molecule has 7 nitrogen and oxygen atoms in total. The topological polar surface area (TPSA) is 75.0 Å². The van der Waals surface area contributed by atoms with Crippen molar-refractivity contribution in [2.75, 3.05) is 39.9 Å². The molecule has 4 rings (SSSR count). The Labute approximate surface area is 190 Å². The fourth-order valence-electron chi connectivity index (χ4n) is 4.61. The van der Waals surface area contributed by atoms with E-state index in [0.29, 0.717) is 5.92 Å². The summed E-state index contributed by atoms with van der Waals surface area (Å²) >= 11 is 0.